The number of hydrogen-bond acceptors (Lipinski definition) is 5. The third-order valence-corrected chi connectivity index (χ3v) is 12.8. The Morgan fingerprint density at radius 1 is 0.978 bits per heavy atom. The molecule has 0 radical (unpaired) electrons. The highest BCUT2D eigenvalue weighted by atomic mass is 16.6. The number of esters is 2. The van der Waals surface area contributed by atoms with Crippen LogP contribution in [0.15, 0.2) is 42.0 Å². The van der Waals surface area contributed by atoms with E-state index in [4.69, 9.17) is 9.47 Å². The fourth-order valence-corrected chi connectivity index (χ4v) is 10.6. The summed E-state index contributed by atoms with van der Waals surface area (Å²) in [4.78, 5) is 26.8. The lowest BCUT2D eigenvalue weighted by Crippen LogP contribution is -2.55. The van der Waals surface area contributed by atoms with Gasteiger partial charge in [-0.2, -0.15) is 5.26 Å². The van der Waals surface area contributed by atoms with E-state index in [0.29, 0.717) is 35.7 Å². The highest BCUT2D eigenvalue weighted by molar-refractivity contribution is 5.89. The fourth-order valence-electron chi connectivity index (χ4n) is 10.6. The standard InChI is InChI=1S/C41H59NO4/c1-26(2)13-12-14-27(3)33-17-18-34-36-31(32(25-42)38(44)46-39(4,5)6)24-29-23-30(45-37(43)28-15-10-9-11-16-28)19-21-40(29,7)35(36)20-22-41(33,34)8/h9-11,15-16,24,26-27,30-36H,12-14,17-23H2,1-8H3/t27-,30+,31-,32?,33-,34+,35+,36+,40+,41-/m1/s1. The van der Waals surface area contributed by atoms with Gasteiger partial charge in [0.25, 0.3) is 0 Å². The molecule has 0 amide bonds. The van der Waals surface area contributed by atoms with Crippen LogP contribution in [-0.4, -0.2) is 23.6 Å². The summed E-state index contributed by atoms with van der Waals surface area (Å²) >= 11 is 0. The lowest BCUT2D eigenvalue weighted by Gasteiger charge is -2.60. The molecule has 5 heteroatoms. The predicted molar refractivity (Wildman–Crippen MR) is 183 cm³/mol. The van der Waals surface area contributed by atoms with Crippen LogP contribution in [0.2, 0.25) is 0 Å². The van der Waals surface area contributed by atoms with Crippen molar-refractivity contribution in [3.63, 3.8) is 0 Å². The van der Waals surface area contributed by atoms with Crippen molar-refractivity contribution in [3.05, 3.63) is 47.5 Å². The normalized spacial score (nSPS) is 35.1. The second-order valence-electron chi connectivity index (χ2n) is 17.3. The van der Waals surface area contributed by atoms with E-state index >= 15 is 0 Å². The lowest BCUT2D eigenvalue weighted by atomic mass is 9.44. The van der Waals surface area contributed by atoms with Gasteiger partial charge in [0.15, 0.2) is 5.92 Å². The first-order chi connectivity index (χ1) is 21.7. The van der Waals surface area contributed by atoms with Gasteiger partial charge in [0, 0.05) is 12.3 Å². The number of fused-ring (bicyclic) bond motifs is 5. The molecule has 252 valence electrons. The van der Waals surface area contributed by atoms with Gasteiger partial charge in [-0.15, -0.1) is 0 Å². The molecule has 0 aromatic heterocycles. The third-order valence-electron chi connectivity index (χ3n) is 12.8. The van der Waals surface area contributed by atoms with Crippen molar-refractivity contribution >= 4 is 11.9 Å². The molecule has 4 aliphatic carbocycles. The number of hydrogen-bond donors (Lipinski definition) is 0. The van der Waals surface area contributed by atoms with Crippen molar-refractivity contribution in [1.82, 2.24) is 0 Å². The number of ether oxygens (including phenoxy) is 2. The van der Waals surface area contributed by atoms with E-state index in [2.05, 4.69) is 46.8 Å². The van der Waals surface area contributed by atoms with Crippen molar-refractivity contribution in [3.8, 4) is 6.07 Å². The molecule has 1 aromatic carbocycles. The minimum Gasteiger partial charge on any atom is -0.459 e. The molecule has 3 saturated carbocycles. The van der Waals surface area contributed by atoms with E-state index in [0.717, 1.165) is 25.2 Å². The van der Waals surface area contributed by atoms with Crippen LogP contribution in [0.5, 0.6) is 0 Å². The smallest absolute Gasteiger partial charge is 0.338 e. The van der Waals surface area contributed by atoms with Crippen LogP contribution < -0.4 is 0 Å². The number of allylic oxidation sites excluding steroid dienone is 1. The molecule has 10 atom stereocenters. The van der Waals surface area contributed by atoms with E-state index < -0.39 is 17.5 Å². The molecule has 0 saturated heterocycles. The zero-order valence-corrected chi connectivity index (χ0v) is 29.8. The molecule has 46 heavy (non-hydrogen) atoms. The topological polar surface area (TPSA) is 76.4 Å². The Hall–Kier alpha value is -2.61. The molecule has 5 rings (SSSR count). The summed E-state index contributed by atoms with van der Waals surface area (Å²) in [5, 5.41) is 10.6. The van der Waals surface area contributed by atoms with Crippen molar-refractivity contribution in [2.75, 3.05) is 0 Å². The molecule has 0 N–H and O–H groups in total. The van der Waals surface area contributed by atoms with Crippen LogP contribution in [0.25, 0.3) is 0 Å². The van der Waals surface area contributed by atoms with Crippen molar-refractivity contribution in [2.45, 2.75) is 131 Å². The van der Waals surface area contributed by atoms with Gasteiger partial charge < -0.3 is 9.47 Å². The van der Waals surface area contributed by atoms with E-state index in [1.54, 1.807) is 12.1 Å². The van der Waals surface area contributed by atoms with Gasteiger partial charge in [0.2, 0.25) is 0 Å². The molecule has 3 fully saturated rings. The van der Waals surface area contributed by atoms with Crippen LogP contribution in [0.3, 0.4) is 0 Å². The number of rotatable bonds is 9. The summed E-state index contributed by atoms with van der Waals surface area (Å²) in [7, 11) is 0. The summed E-state index contributed by atoms with van der Waals surface area (Å²) in [6.45, 7) is 17.8. The van der Waals surface area contributed by atoms with Gasteiger partial charge >= 0.3 is 11.9 Å². The van der Waals surface area contributed by atoms with Gasteiger partial charge in [-0.1, -0.05) is 83.7 Å². The van der Waals surface area contributed by atoms with Gasteiger partial charge in [0.1, 0.15) is 11.7 Å². The Bertz CT molecular complexity index is 1320. The van der Waals surface area contributed by atoms with Crippen LogP contribution in [0, 0.1) is 69.5 Å². The average molecular weight is 630 g/mol. The zero-order valence-electron chi connectivity index (χ0n) is 29.8. The summed E-state index contributed by atoms with van der Waals surface area (Å²) in [6.07, 6.45) is 13.2. The molecular formula is C41H59NO4. The predicted octanol–water partition coefficient (Wildman–Crippen LogP) is 9.96. The molecule has 4 aliphatic rings. The summed E-state index contributed by atoms with van der Waals surface area (Å²) in [5.74, 6) is 1.53. The highest BCUT2D eigenvalue weighted by Gasteiger charge is 2.62. The number of carbonyl (C=O) groups excluding carboxylic acids is 2. The van der Waals surface area contributed by atoms with Crippen molar-refractivity contribution < 1.29 is 19.1 Å². The first-order valence-electron chi connectivity index (χ1n) is 18.3. The quantitative estimate of drug-likeness (QED) is 0.201. The third kappa shape index (κ3) is 6.84. The Kier molecular flexibility index (Phi) is 10.2. The Morgan fingerprint density at radius 2 is 1.70 bits per heavy atom. The Labute approximate surface area is 278 Å². The molecule has 0 spiro atoms. The molecular weight excluding hydrogens is 570 g/mol. The van der Waals surface area contributed by atoms with Crippen LogP contribution in [0.4, 0.5) is 0 Å². The Balaban J connectivity index is 1.47. The molecule has 1 aromatic rings. The largest absolute Gasteiger partial charge is 0.459 e. The van der Waals surface area contributed by atoms with Crippen LogP contribution in [0.1, 0.15) is 130 Å². The molecule has 5 nitrogen and oxygen atoms in total. The van der Waals surface area contributed by atoms with Crippen LogP contribution in [-0.2, 0) is 14.3 Å². The molecule has 0 bridgehead atoms. The van der Waals surface area contributed by atoms with Gasteiger partial charge in [-0.05, 0) is 118 Å². The van der Waals surface area contributed by atoms with E-state index in [-0.39, 0.29) is 34.7 Å². The first kappa shape index (κ1) is 34.7. The zero-order chi connectivity index (χ0) is 33.4. The van der Waals surface area contributed by atoms with Crippen molar-refractivity contribution in [1.29, 1.82) is 5.26 Å². The second kappa shape index (κ2) is 13.5. The lowest BCUT2D eigenvalue weighted by molar-refractivity contribution is -0.162. The molecule has 0 aliphatic heterocycles. The van der Waals surface area contributed by atoms with Crippen molar-refractivity contribution in [2.24, 2.45) is 58.2 Å². The number of carbonyl (C=O) groups is 2. The average Bonchev–Trinajstić information content (AvgIpc) is 3.34. The summed E-state index contributed by atoms with van der Waals surface area (Å²) < 4.78 is 12.0. The maximum absolute atomic E-state index is 13.7. The number of nitriles is 1. The second-order valence-corrected chi connectivity index (χ2v) is 17.3. The van der Waals surface area contributed by atoms with Gasteiger partial charge in [-0.3, -0.25) is 4.79 Å². The number of benzene rings is 1. The Morgan fingerprint density at radius 3 is 2.35 bits per heavy atom. The molecule has 0 heterocycles. The minimum absolute atomic E-state index is 0.0208. The van der Waals surface area contributed by atoms with Gasteiger partial charge in [0.05, 0.1) is 11.6 Å². The first-order valence-corrected chi connectivity index (χ1v) is 18.3. The highest BCUT2D eigenvalue weighted by Crippen LogP contribution is 2.69. The monoisotopic (exact) mass is 629 g/mol. The van der Waals surface area contributed by atoms with E-state index in [1.807, 2.05) is 39.0 Å². The van der Waals surface area contributed by atoms with E-state index in [9.17, 15) is 14.9 Å². The van der Waals surface area contributed by atoms with E-state index in [1.165, 1.54) is 44.1 Å². The van der Waals surface area contributed by atoms with Gasteiger partial charge in [-0.25, -0.2) is 4.79 Å². The maximum Gasteiger partial charge on any atom is 0.338 e. The fraction of sp³-hybridized carbons (Fsp3) is 0.732. The SMILES string of the molecule is CC(C)CCC[C@@H](C)[C@H]1CC[C@H]2[C@@H]3[C@@H](C(C#N)C(=O)OC(C)(C)C)C=C4C[C@@H](OC(=O)c5ccccc5)CC[C@]4(C)[C@H]3CC[C@]12C. The molecule has 1 unspecified atom stereocenters. The minimum atomic E-state index is -0.846. The maximum atomic E-state index is 13.7. The number of nitrogens with zero attached hydrogens (tertiary/aromatic N) is 1. The summed E-state index contributed by atoms with van der Waals surface area (Å²) in [6, 6.07) is 11.7. The van der Waals surface area contributed by atoms with Crippen LogP contribution >= 0.6 is 0 Å². The summed E-state index contributed by atoms with van der Waals surface area (Å²) in [5.41, 5.74) is 1.39.